The molecule has 0 spiro atoms. The second-order valence-electron chi connectivity index (χ2n) is 4.72. The fourth-order valence-corrected chi connectivity index (χ4v) is 1.83. The first-order valence-electron chi connectivity index (χ1n) is 6.39. The van der Waals surface area contributed by atoms with Crippen LogP contribution in [0.15, 0.2) is 0 Å². The largest absolute Gasteiger partial charge is 0.378 e. The molecule has 1 heterocycles. The summed E-state index contributed by atoms with van der Waals surface area (Å²) < 4.78 is 5.49. The maximum absolute atomic E-state index is 11.9. The van der Waals surface area contributed by atoms with E-state index in [0.29, 0.717) is 19.8 Å². The monoisotopic (exact) mass is 243 g/mol. The lowest BCUT2D eigenvalue weighted by Crippen LogP contribution is -2.33. The molecule has 100 valence electrons. The molecule has 1 atom stereocenters. The van der Waals surface area contributed by atoms with Crippen molar-refractivity contribution >= 4 is 5.91 Å². The molecule has 0 aromatic rings. The molecule has 1 N–H and O–H groups in total. The fourth-order valence-electron chi connectivity index (χ4n) is 1.83. The molecule has 0 aliphatic carbocycles. The van der Waals surface area contributed by atoms with Gasteiger partial charge in [-0.15, -0.1) is 0 Å². The van der Waals surface area contributed by atoms with Gasteiger partial charge in [0.25, 0.3) is 0 Å². The number of hydrogen-bond acceptors (Lipinski definition) is 4. The number of nitrogens with zero attached hydrogens (tertiary/aromatic N) is 2. The first-order valence-corrected chi connectivity index (χ1v) is 6.39. The van der Waals surface area contributed by atoms with E-state index >= 15 is 0 Å². The van der Waals surface area contributed by atoms with Crippen LogP contribution in [-0.4, -0.2) is 68.8 Å². The summed E-state index contributed by atoms with van der Waals surface area (Å²) >= 11 is 0. The second kappa shape index (κ2) is 7.63. The van der Waals surface area contributed by atoms with E-state index < -0.39 is 0 Å². The Balaban J connectivity index is 2.10. The molecule has 5 heteroatoms. The minimum atomic E-state index is 0.0294. The standard InChI is InChI=1S/C12H25N3O2/c1-4-5-11-12(16)15(10-13-11)7-9-17-8-6-14(2)3/h11,13H,4-10H2,1-3H3. The normalized spacial score (nSPS) is 20.6. The summed E-state index contributed by atoms with van der Waals surface area (Å²) in [6.45, 7) is 5.73. The minimum absolute atomic E-state index is 0.0294. The zero-order chi connectivity index (χ0) is 12.7. The van der Waals surface area contributed by atoms with Gasteiger partial charge in [0.1, 0.15) is 0 Å². The van der Waals surface area contributed by atoms with Gasteiger partial charge in [-0.2, -0.15) is 0 Å². The highest BCUT2D eigenvalue weighted by Gasteiger charge is 2.29. The van der Waals surface area contributed by atoms with E-state index in [1.807, 2.05) is 19.0 Å². The Hall–Kier alpha value is -0.650. The number of rotatable bonds is 8. The van der Waals surface area contributed by atoms with Gasteiger partial charge in [0.15, 0.2) is 0 Å². The lowest BCUT2D eigenvalue weighted by atomic mass is 10.2. The SMILES string of the molecule is CCCC1NCN(CCOCCN(C)C)C1=O. The van der Waals surface area contributed by atoms with E-state index in [1.165, 1.54) is 0 Å². The van der Waals surface area contributed by atoms with Gasteiger partial charge in [-0.1, -0.05) is 13.3 Å². The van der Waals surface area contributed by atoms with Crippen molar-refractivity contribution in [3.8, 4) is 0 Å². The third-order valence-electron chi connectivity index (χ3n) is 2.90. The zero-order valence-corrected chi connectivity index (χ0v) is 11.2. The van der Waals surface area contributed by atoms with Crippen molar-refractivity contribution in [2.24, 2.45) is 0 Å². The predicted octanol–water partition coefficient (Wildman–Crippen LogP) is 0.123. The zero-order valence-electron chi connectivity index (χ0n) is 11.2. The average Bonchev–Trinajstić information content (AvgIpc) is 2.61. The number of amides is 1. The highest BCUT2D eigenvalue weighted by Crippen LogP contribution is 2.08. The molecule has 1 unspecified atom stereocenters. The van der Waals surface area contributed by atoms with E-state index in [2.05, 4.69) is 17.1 Å². The van der Waals surface area contributed by atoms with Crippen LogP contribution >= 0.6 is 0 Å². The molecule has 1 fully saturated rings. The Morgan fingerprint density at radius 3 is 2.88 bits per heavy atom. The van der Waals surface area contributed by atoms with Gasteiger partial charge >= 0.3 is 0 Å². The summed E-state index contributed by atoms with van der Waals surface area (Å²) in [7, 11) is 4.04. The summed E-state index contributed by atoms with van der Waals surface area (Å²) in [4.78, 5) is 15.8. The van der Waals surface area contributed by atoms with Crippen LogP contribution in [0, 0.1) is 0 Å². The Bertz CT molecular complexity index is 234. The van der Waals surface area contributed by atoms with Gasteiger partial charge in [0, 0.05) is 13.1 Å². The molecule has 1 aliphatic rings. The molecular formula is C12H25N3O2. The number of nitrogens with one attached hydrogen (secondary N) is 1. The van der Waals surface area contributed by atoms with Gasteiger partial charge in [0.2, 0.25) is 5.91 Å². The Morgan fingerprint density at radius 2 is 2.24 bits per heavy atom. The average molecular weight is 243 g/mol. The van der Waals surface area contributed by atoms with Crippen LogP contribution in [-0.2, 0) is 9.53 Å². The smallest absolute Gasteiger partial charge is 0.240 e. The fraction of sp³-hybridized carbons (Fsp3) is 0.917. The van der Waals surface area contributed by atoms with Crippen molar-refractivity contribution < 1.29 is 9.53 Å². The van der Waals surface area contributed by atoms with Crippen LogP contribution in [0.4, 0.5) is 0 Å². The molecule has 5 nitrogen and oxygen atoms in total. The summed E-state index contributed by atoms with van der Waals surface area (Å²) in [6, 6.07) is 0.0294. The van der Waals surface area contributed by atoms with E-state index in [4.69, 9.17) is 4.74 Å². The minimum Gasteiger partial charge on any atom is -0.378 e. The van der Waals surface area contributed by atoms with Crippen molar-refractivity contribution in [3.63, 3.8) is 0 Å². The maximum Gasteiger partial charge on any atom is 0.240 e. The van der Waals surface area contributed by atoms with E-state index in [0.717, 1.165) is 26.0 Å². The summed E-state index contributed by atoms with van der Waals surface area (Å²) in [5, 5.41) is 3.23. The summed E-state index contributed by atoms with van der Waals surface area (Å²) in [6.07, 6.45) is 1.97. The molecule has 17 heavy (non-hydrogen) atoms. The third kappa shape index (κ3) is 5.02. The molecular weight excluding hydrogens is 218 g/mol. The van der Waals surface area contributed by atoms with Crippen molar-refractivity contribution in [1.29, 1.82) is 0 Å². The maximum atomic E-state index is 11.9. The Kier molecular flexibility index (Phi) is 6.47. The first kappa shape index (κ1) is 14.4. The molecule has 0 aromatic carbocycles. The van der Waals surface area contributed by atoms with Crippen molar-refractivity contribution in [3.05, 3.63) is 0 Å². The third-order valence-corrected chi connectivity index (χ3v) is 2.90. The van der Waals surface area contributed by atoms with Gasteiger partial charge < -0.3 is 14.5 Å². The lowest BCUT2D eigenvalue weighted by Gasteiger charge is -2.16. The number of carbonyl (C=O) groups is 1. The summed E-state index contributed by atoms with van der Waals surface area (Å²) in [5.41, 5.74) is 0. The molecule has 1 aliphatic heterocycles. The highest BCUT2D eigenvalue weighted by atomic mass is 16.5. The van der Waals surface area contributed by atoms with Crippen LogP contribution in [0.2, 0.25) is 0 Å². The highest BCUT2D eigenvalue weighted by molar-refractivity contribution is 5.83. The van der Waals surface area contributed by atoms with Gasteiger partial charge in [-0.25, -0.2) is 0 Å². The van der Waals surface area contributed by atoms with Gasteiger partial charge in [-0.3, -0.25) is 10.1 Å². The molecule has 1 amide bonds. The topological polar surface area (TPSA) is 44.8 Å². The lowest BCUT2D eigenvalue weighted by molar-refractivity contribution is -0.129. The van der Waals surface area contributed by atoms with E-state index in [9.17, 15) is 4.79 Å². The number of hydrogen-bond donors (Lipinski definition) is 1. The van der Waals surface area contributed by atoms with E-state index in [-0.39, 0.29) is 11.9 Å². The predicted molar refractivity (Wildman–Crippen MR) is 67.8 cm³/mol. The van der Waals surface area contributed by atoms with Gasteiger partial charge in [0.05, 0.1) is 25.9 Å². The number of ether oxygens (including phenoxy) is 1. The molecule has 0 saturated carbocycles. The molecule has 0 bridgehead atoms. The molecule has 1 rings (SSSR count). The van der Waals surface area contributed by atoms with Crippen molar-refractivity contribution in [2.45, 2.75) is 25.8 Å². The molecule has 1 saturated heterocycles. The van der Waals surface area contributed by atoms with Crippen LogP contribution in [0.25, 0.3) is 0 Å². The Labute approximate surface area is 104 Å². The second-order valence-corrected chi connectivity index (χ2v) is 4.72. The quantitative estimate of drug-likeness (QED) is 0.615. The van der Waals surface area contributed by atoms with Crippen LogP contribution in [0.1, 0.15) is 19.8 Å². The van der Waals surface area contributed by atoms with Crippen molar-refractivity contribution in [1.82, 2.24) is 15.1 Å². The molecule has 0 radical (unpaired) electrons. The van der Waals surface area contributed by atoms with Crippen LogP contribution < -0.4 is 5.32 Å². The number of carbonyl (C=O) groups excluding carboxylic acids is 1. The van der Waals surface area contributed by atoms with Gasteiger partial charge in [-0.05, 0) is 20.5 Å². The van der Waals surface area contributed by atoms with Crippen molar-refractivity contribution in [2.75, 3.05) is 47.1 Å². The Morgan fingerprint density at radius 1 is 1.47 bits per heavy atom. The molecule has 0 aromatic heterocycles. The van der Waals surface area contributed by atoms with Crippen LogP contribution in [0.3, 0.4) is 0 Å². The number of likely N-dealkylation sites (N-methyl/N-ethyl adjacent to an activating group) is 1. The van der Waals surface area contributed by atoms with E-state index in [1.54, 1.807) is 0 Å². The summed E-state index contributed by atoms with van der Waals surface area (Å²) in [5.74, 6) is 0.225. The first-order chi connectivity index (χ1) is 8.15. The van der Waals surface area contributed by atoms with Crippen LogP contribution in [0.5, 0.6) is 0 Å².